The van der Waals surface area contributed by atoms with Crippen molar-refractivity contribution >= 4 is 46.9 Å². The van der Waals surface area contributed by atoms with Crippen LogP contribution in [0.3, 0.4) is 0 Å². The van der Waals surface area contributed by atoms with Gasteiger partial charge in [-0.15, -0.1) is 0 Å². The SMILES string of the molecule is Cc1cc(C(c2cccnc2)c2cc(C)c(OC(=O)c3ccc(N4C(=O)C=CC4=O)cc3)c(C)c2)cc(C)c1OC(=O)c1ccc(N2C(=O)C=CC2=O)cc1. The maximum absolute atomic E-state index is 13.3. The molecule has 5 aromatic rings. The molecule has 0 saturated heterocycles. The molecule has 11 heteroatoms. The van der Waals surface area contributed by atoms with Gasteiger partial charge in [0.15, 0.2) is 0 Å². The molecule has 4 aromatic carbocycles. The van der Waals surface area contributed by atoms with Crippen LogP contribution in [0.25, 0.3) is 0 Å². The van der Waals surface area contributed by atoms with E-state index in [-0.39, 0.29) is 17.0 Å². The highest BCUT2D eigenvalue weighted by Gasteiger charge is 2.28. The van der Waals surface area contributed by atoms with Crippen LogP contribution in [0.2, 0.25) is 0 Å². The fourth-order valence-corrected chi connectivity index (χ4v) is 6.85. The number of carbonyl (C=O) groups is 6. The Morgan fingerprint density at radius 2 is 0.891 bits per heavy atom. The number of hydrogen-bond acceptors (Lipinski definition) is 9. The first-order chi connectivity index (χ1) is 26.4. The van der Waals surface area contributed by atoms with Gasteiger partial charge in [0.1, 0.15) is 11.5 Å². The molecular formula is C44H33N3O8. The zero-order valence-electron chi connectivity index (χ0n) is 30.2. The van der Waals surface area contributed by atoms with E-state index in [2.05, 4.69) is 4.98 Å². The van der Waals surface area contributed by atoms with E-state index in [0.717, 1.165) is 48.7 Å². The zero-order chi connectivity index (χ0) is 39.0. The van der Waals surface area contributed by atoms with Crippen LogP contribution >= 0.6 is 0 Å². The molecule has 3 heterocycles. The zero-order valence-corrected chi connectivity index (χ0v) is 30.2. The van der Waals surface area contributed by atoms with Gasteiger partial charge < -0.3 is 9.47 Å². The van der Waals surface area contributed by atoms with Crippen LogP contribution in [-0.4, -0.2) is 40.6 Å². The smallest absolute Gasteiger partial charge is 0.343 e. The Labute approximate surface area is 316 Å². The van der Waals surface area contributed by atoms with E-state index >= 15 is 0 Å². The summed E-state index contributed by atoms with van der Waals surface area (Å²) in [7, 11) is 0. The molecule has 0 N–H and O–H groups in total. The van der Waals surface area contributed by atoms with Crippen molar-refractivity contribution in [1.82, 2.24) is 4.98 Å². The minimum absolute atomic E-state index is 0.253. The molecule has 272 valence electrons. The molecule has 0 atom stereocenters. The van der Waals surface area contributed by atoms with E-state index < -0.39 is 35.6 Å². The number of pyridine rings is 1. The van der Waals surface area contributed by atoms with Crippen LogP contribution in [0.15, 0.2) is 122 Å². The maximum Gasteiger partial charge on any atom is 0.343 e. The summed E-state index contributed by atoms with van der Waals surface area (Å²) in [5.41, 5.74) is 6.90. The molecule has 4 amide bonds. The van der Waals surface area contributed by atoms with Gasteiger partial charge in [-0.2, -0.15) is 0 Å². The Morgan fingerprint density at radius 3 is 1.22 bits per heavy atom. The first kappa shape index (κ1) is 36.1. The quantitative estimate of drug-likeness (QED) is 0.0911. The molecule has 0 fully saturated rings. The minimum Gasteiger partial charge on any atom is -0.422 e. The van der Waals surface area contributed by atoms with Crippen molar-refractivity contribution in [1.29, 1.82) is 0 Å². The summed E-state index contributed by atoms with van der Waals surface area (Å²) in [5, 5.41) is 0. The number of imide groups is 2. The van der Waals surface area contributed by atoms with E-state index in [1.807, 2.05) is 64.1 Å². The number of esters is 2. The second kappa shape index (κ2) is 14.6. The maximum atomic E-state index is 13.3. The van der Waals surface area contributed by atoms with Gasteiger partial charge in [-0.05, 0) is 121 Å². The third-order valence-electron chi connectivity index (χ3n) is 9.38. The van der Waals surface area contributed by atoms with Gasteiger partial charge in [-0.25, -0.2) is 19.4 Å². The van der Waals surface area contributed by atoms with Crippen molar-refractivity contribution in [2.24, 2.45) is 0 Å². The number of anilines is 2. The number of aryl methyl sites for hydroxylation is 4. The molecule has 2 aliphatic rings. The summed E-state index contributed by atoms with van der Waals surface area (Å²) < 4.78 is 11.8. The van der Waals surface area contributed by atoms with Gasteiger partial charge in [0, 0.05) is 42.6 Å². The van der Waals surface area contributed by atoms with Gasteiger partial charge in [0.05, 0.1) is 22.5 Å². The Hall–Kier alpha value is -7.27. The van der Waals surface area contributed by atoms with Crippen molar-refractivity contribution < 1.29 is 38.2 Å². The number of benzene rings is 4. The Bertz CT molecular complexity index is 2250. The van der Waals surface area contributed by atoms with Crippen LogP contribution in [0.4, 0.5) is 11.4 Å². The van der Waals surface area contributed by atoms with Gasteiger partial charge in [0.2, 0.25) is 0 Å². The third-order valence-corrected chi connectivity index (χ3v) is 9.38. The van der Waals surface area contributed by atoms with Crippen molar-refractivity contribution in [2.75, 3.05) is 9.80 Å². The number of hydrogen-bond donors (Lipinski definition) is 0. The van der Waals surface area contributed by atoms with Crippen molar-refractivity contribution in [3.8, 4) is 11.5 Å². The standard InChI is InChI=1S/C44H33N3O8/c1-25-20-32(21-26(2)41(25)54-43(52)29-7-11-34(12-8-29)46-36(48)15-16-37(46)49)40(31-6-5-19-45-24-31)33-22-27(3)42(28(4)23-33)55-44(53)30-9-13-35(14-10-30)47-38(50)17-18-39(47)51/h5-24,40H,1-4H3. The Balaban J connectivity index is 1.13. The highest BCUT2D eigenvalue weighted by atomic mass is 16.5. The summed E-state index contributed by atoms with van der Waals surface area (Å²) in [6.07, 6.45) is 8.28. The monoisotopic (exact) mass is 731 g/mol. The summed E-state index contributed by atoms with van der Waals surface area (Å²) >= 11 is 0. The minimum atomic E-state index is -0.590. The Kier molecular flexibility index (Phi) is 9.60. The molecular weight excluding hydrogens is 698 g/mol. The van der Waals surface area contributed by atoms with Crippen molar-refractivity contribution in [3.05, 3.63) is 172 Å². The van der Waals surface area contributed by atoms with E-state index in [1.165, 1.54) is 72.8 Å². The number of amides is 4. The van der Waals surface area contributed by atoms with E-state index in [4.69, 9.17) is 9.47 Å². The van der Waals surface area contributed by atoms with Gasteiger partial charge in [0.25, 0.3) is 23.6 Å². The third kappa shape index (κ3) is 7.10. The molecule has 0 bridgehead atoms. The molecule has 7 rings (SSSR count). The molecule has 55 heavy (non-hydrogen) atoms. The summed E-state index contributed by atoms with van der Waals surface area (Å²) in [5.74, 6) is -2.43. The van der Waals surface area contributed by atoms with Gasteiger partial charge in [-0.1, -0.05) is 30.3 Å². The molecule has 0 aliphatic carbocycles. The van der Waals surface area contributed by atoms with Crippen LogP contribution in [0.1, 0.15) is 65.6 Å². The van der Waals surface area contributed by atoms with Gasteiger partial charge >= 0.3 is 11.9 Å². The average Bonchev–Trinajstić information content (AvgIpc) is 3.69. The number of nitrogens with zero attached hydrogens (tertiary/aromatic N) is 3. The molecule has 2 aliphatic heterocycles. The van der Waals surface area contributed by atoms with E-state index in [1.54, 1.807) is 12.4 Å². The second-order valence-electron chi connectivity index (χ2n) is 13.3. The fraction of sp³-hybridized carbons (Fsp3) is 0.114. The average molecular weight is 732 g/mol. The molecule has 0 spiro atoms. The molecule has 1 aromatic heterocycles. The fourth-order valence-electron chi connectivity index (χ4n) is 6.85. The lowest BCUT2D eigenvalue weighted by molar-refractivity contribution is -0.121. The van der Waals surface area contributed by atoms with E-state index in [0.29, 0.717) is 22.9 Å². The molecule has 0 saturated carbocycles. The van der Waals surface area contributed by atoms with E-state index in [9.17, 15) is 28.8 Å². The first-order valence-electron chi connectivity index (χ1n) is 17.3. The predicted molar refractivity (Wildman–Crippen MR) is 203 cm³/mol. The van der Waals surface area contributed by atoms with Crippen LogP contribution in [0, 0.1) is 27.7 Å². The number of rotatable bonds is 9. The van der Waals surface area contributed by atoms with Crippen molar-refractivity contribution in [2.45, 2.75) is 33.6 Å². The van der Waals surface area contributed by atoms with Crippen LogP contribution in [-0.2, 0) is 19.2 Å². The number of carbonyl (C=O) groups excluding carboxylic acids is 6. The second-order valence-corrected chi connectivity index (χ2v) is 13.3. The lowest BCUT2D eigenvalue weighted by Gasteiger charge is -2.23. The predicted octanol–water partition coefficient (Wildman–Crippen LogP) is 6.79. The normalized spacial score (nSPS) is 13.7. The molecule has 0 unspecified atom stereocenters. The first-order valence-corrected chi connectivity index (χ1v) is 17.3. The molecule has 0 radical (unpaired) electrons. The lowest BCUT2D eigenvalue weighted by Crippen LogP contribution is -2.29. The molecule has 11 nitrogen and oxygen atoms in total. The number of ether oxygens (including phenoxy) is 2. The van der Waals surface area contributed by atoms with Crippen molar-refractivity contribution in [3.63, 3.8) is 0 Å². The lowest BCUT2D eigenvalue weighted by atomic mass is 9.83. The van der Waals surface area contributed by atoms with Crippen LogP contribution < -0.4 is 19.3 Å². The summed E-state index contributed by atoms with van der Waals surface area (Å²) in [6, 6.07) is 23.9. The summed E-state index contributed by atoms with van der Waals surface area (Å²) in [6.45, 7) is 7.46. The number of aromatic nitrogens is 1. The summed E-state index contributed by atoms with van der Waals surface area (Å²) in [4.78, 5) is 81.2. The Morgan fingerprint density at radius 1 is 0.527 bits per heavy atom. The largest absolute Gasteiger partial charge is 0.422 e. The highest BCUT2D eigenvalue weighted by molar-refractivity contribution is 6.28. The highest BCUT2D eigenvalue weighted by Crippen LogP contribution is 2.39. The van der Waals surface area contributed by atoms with Crippen LogP contribution in [0.5, 0.6) is 11.5 Å². The topological polar surface area (TPSA) is 140 Å². The van der Waals surface area contributed by atoms with Gasteiger partial charge in [-0.3, -0.25) is 24.2 Å².